The second kappa shape index (κ2) is 6.20. The number of benzene rings is 1. The molecule has 0 amide bonds. The first-order valence-electron chi connectivity index (χ1n) is 7.01. The van der Waals surface area contributed by atoms with Gasteiger partial charge in [-0.25, -0.2) is 0 Å². The van der Waals surface area contributed by atoms with Crippen molar-refractivity contribution in [1.82, 2.24) is 15.1 Å². The molecule has 2 heterocycles. The standard InChI is InChI=1S/C15H17N5S/c1-12-17-18-15(21-12)11-19-6-8-20(9-7-19)14-5-3-2-4-13(14)10-16/h2-5H,6-9,11H2,1H3. The summed E-state index contributed by atoms with van der Waals surface area (Å²) < 4.78 is 0. The molecule has 0 aliphatic carbocycles. The van der Waals surface area contributed by atoms with Gasteiger partial charge in [-0.3, -0.25) is 4.90 Å². The summed E-state index contributed by atoms with van der Waals surface area (Å²) in [6.45, 7) is 6.71. The van der Waals surface area contributed by atoms with Gasteiger partial charge in [0.2, 0.25) is 0 Å². The zero-order valence-corrected chi connectivity index (χ0v) is 12.8. The van der Waals surface area contributed by atoms with Crippen LogP contribution in [0.15, 0.2) is 24.3 Å². The Morgan fingerprint density at radius 2 is 1.95 bits per heavy atom. The van der Waals surface area contributed by atoms with Crippen molar-refractivity contribution in [3.8, 4) is 6.07 Å². The van der Waals surface area contributed by atoms with E-state index in [0.29, 0.717) is 0 Å². The third-order valence-electron chi connectivity index (χ3n) is 3.66. The molecule has 3 rings (SSSR count). The molecule has 1 aromatic heterocycles. The Morgan fingerprint density at radius 1 is 1.19 bits per heavy atom. The molecule has 108 valence electrons. The number of piperazine rings is 1. The lowest BCUT2D eigenvalue weighted by Gasteiger charge is -2.36. The molecule has 21 heavy (non-hydrogen) atoms. The van der Waals surface area contributed by atoms with Gasteiger partial charge in [-0.1, -0.05) is 12.1 Å². The van der Waals surface area contributed by atoms with Gasteiger partial charge in [-0.05, 0) is 19.1 Å². The summed E-state index contributed by atoms with van der Waals surface area (Å²) in [5, 5.41) is 19.5. The zero-order valence-electron chi connectivity index (χ0n) is 12.0. The predicted molar refractivity (Wildman–Crippen MR) is 83.3 cm³/mol. The van der Waals surface area contributed by atoms with Crippen molar-refractivity contribution in [3.05, 3.63) is 39.8 Å². The molecule has 0 saturated carbocycles. The van der Waals surface area contributed by atoms with Gasteiger partial charge in [0.05, 0.1) is 17.8 Å². The van der Waals surface area contributed by atoms with E-state index in [9.17, 15) is 5.26 Å². The molecule has 1 aromatic carbocycles. The fourth-order valence-electron chi connectivity index (χ4n) is 2.58. The summed E-state index contributed by atoms with van der Waals surface area (Å²) in [6, 6.07) is 10.1. The summed E-state index contributed by atoms with van der Waals surface area (Å²) >= 11 is 1.66. The van der Waals surface area contributed by atoms with Crippen molar-refractivity contribution in [2.75, 3.05) is 31.1 Å². The number of aryl methyl sites for hydroxylation is 1. The topological polar surface area (TPSA) is 56.1 Å². The third-order valence-corrected chi connectivity index (χ3v) is 4.49. The van der Waals surface area contributed by atoms with E-state index >= 15 is 0 Å². The van der Waals surface area contributed by atoms with Crippen LogP contribution < -0.4 is 4.90 Å². The lowest BCUT2D eigenvalue weighted by atomic mass is 10.1. The number of rotatable bonds is 3. The Balaban J connectivity index is 1.61. The van der Waals surface area contributed by atoms with Crippen molar-refractivity contribution in [2.45, 2.75) is 13.5 Å². The summed E-state index contributed by atoms with van der Waals surface area (Å²) in [5.41, 5.74) is 1.80. The molecule has 5 nitrogen and oxygen atoms in total. The molecule has 1 aliphatic rings. The van der Waals surface area contributed by atoms with E-state index < -0.39 is 0 Å². The summed E-state index contributed by atoms with van der Waals surface area (Å²) in [4.78, 5) is 4.69. The Morgan fingerprint density at radius 3 is 2.62 bits per heavy atom. The second-order valence-electron chi connectivity index (χ2n) is 5.11. The average molecular weight is 299 g/mol. The molecule has 1 saturated heterocycles. The molecule has 0 radical (unpaired) electrons. The van der Waals surface area contributed by atoms with Gasteiger partial charge in [0.1, 0.15) is 16.1 Å². The highest BCUT2D eigenvalue weighted by Crippen LogP contribution is 2.21. The zero-order chi connectivity index (χ0) is 14.7. The number of para-hydroxylation sites is 1. The van der Waals surface area contributed by atoms with Gasteiger partial charge >= 0.3 is 0 Å². The number of hydrogen-bond acceptors (Lipinski definition) is 6. The first-order chi connectivity index (χ1) is 10.3. The first-order valence-corrected chi connectivity index (χ1v) is 7.83. The van der Waals surface area contributed by atoms with Crippen LogP contribution in [0.3, 0.4) is 0 Å². The van der Waals surface area contributed by atoms with Crippen LogP contribution in [0.4, 0.5) is 5.69 Å². The number of hydrogen-bond donors (Lipinski definition) is 0. The highest BCUT2D eigenvalue weighted by molar-refractivity contribution is 7.11. The third kappa shape index (κ3) is 3.20. The number of aromatic nitrogens is 2. The molecule has 6 heteroatoms. The minimum Gasteiger partial charge on any atom is -0.368 e. The molecule has 0 N–H and O–H groups in total. The van der Waals surface area contributed by atoms with E-state index in [0.717, 1.165) is 54.0 Å². The monoisotopic (exact) mass is 299 g/mol. The lowest BCUT2D eigenvalue weighted by molar-refractivity contribution is 0.249. The Labute approximate surface area is 128 Å². The van der Waals surface area contributed by atoms with Crippen molar-refractivity contribution in [2.24, 2.45) is 0 Å². The molecule has 0 spiro atoms. The minimum atomic E-state index is 0.755. The van der Waals surface area contributed by atoms with Crippen LogP contribution in [0.5, 0.6) is 0 Å². The Kier molecular flexibility index (Phi) is 4.13. The van der Waals surface area contributed by atoms with Gasteiger partial charge in [0.25, 0.3) is 0 Å². The van der Waals surface area contributed by atoms with E-state index in [4.69, 9.17) is 0 Å². The van der Waals surface area contributed by atoms with E-state index in [1.165, 1.54) is 0 Å². The van der Waals surface area contributed by atoms with Gasteiger partial charge in [-0.15, -0.1) is 21.5 Å². The van der Waals surface area contributed by atoms with E-state index in [1.54, 1.807) is 11.3 Å². The number of nitrogens with zero attached hydrogens (tertiary/aromatic N) is 5. The number of nitriles is 1. The van der Waals surface area contributed by atoms with E-state index in [1.807, 2.05) is 31.2 Å². The second-order valence-corrected chi connectivity index (χ2v) is 6.37. The summed E-state index contributed by atoms with van der Waals surface area (Å²) in [5.74, 6) is 0. The van der Waals surface area contributed by atoms with Gasteiger partial charge < -0.3 is 4.90 Å². The fraction of sp³-hybridized carbons (Fsp3) is 0.400. The SMILES string of the molecule is Cc1nnc(CN2CCN(c3ccccc3C#N)CC2)s1. The van der Waals surface area contributed by atoms with Gasteiger partial charge in [0, 0.05) is 26.2 Å². The summed E-state index contributed by atoms with van der Waals surface area (Å²) in [7, 11) is 0. The molecular weight excluding hydrogens is 282 g/mol. The van der Waals surface area contributed by atoms with Crippen LogP contribution >= 0.6 is 11.3 Å². The molecule has 2 aromatic rings. The first kappa shape index (κ1) is 14.0. The van der Waals surface area contributed by atoms with Crippen LogP contribution in [0.2, 0.25) is 0 Å². The van der Waals surface area contributed by atoms with Crippen LogP contribution in [-0.2, 0) is 6.54 Å². The fourth-order valence-corrected chi connectivity index (χ4v) is 3.33. The van der Waals surface area contributed by atoms with Gasteiger partial charge in [-0.2, -0.15) is 5.26 Å². The predicted octanol–water partition coefficient (Wildman–Crippen LogP) is 2.04. The molecule has 0 bridgehead atoms. The van der Waals surface area contributed by atoms with Crippen LogP contribution in [0, 0.1) is 18.3 Å². The molecular formula is C15H17N5S. The van der Waals surface area contributed by atoms with Gasteiger partial charge in [0.15, 0.2) is 0 Å². The van der Waals surface area contributed by atoms with Crippen molar-refractivity contribution < 1.29 is 0 Å². The maximum absolute atomic E-state index is 9.20. The van der Waals surface area contributed by atoms with Crippen molar-refractivity contribution >= 4 is 17.0 Å². The summed E-state index contributed by atoms with van der Waals surface area (Å²) in [6.07, 6.45) is 0. The van der Waals surface area contributed by atoms with Crippen molar-refractivity contribution in [1.29, 1.82) is 5.26 Å². The smallest absolute Gasteiger partial charge is 0.131 e. The highest BCUT2D eigenvalue weighted by Gasteiger charge is 2.20. The van der Waals surface area contributed by atoms with E-state index in [2.05, 4.69) is 26.1 Å². The lowest BCUT2D eigenvalue weighted by Crippen LogP contribution is -2.46. The highest BCUT2D eigenvalue weighted by atomic mass is 32.1. The Hall–Kier alpha value is -1.97. The van der Waals surface area contributed by atoms with Crippen LogP contribution in [-0.4, -0.2) is 41.3 Å². The average Bonchev–Trinajstić information content (AvgIpc) is 2.93. The molecule has 0 atom stereocenters. The van der Waals surface area contributed by atoms with Crippen molar-refractivity contribution in [3.63, 3.8) is 0 Å². The largest absolute Gasteiger partial charge is 0.368 e. The van der Waals surface area contributed by atoms with Crippen LogP contribution in [0.25, 0.3) is 0 Å². The normalized spacial score (nSPS) is 15.9. The maximum atomic E-state index is 9.20. The maximum Gasteiger partial charge on any atom is 0.131 e. The molecule has 1 fully saturated rings. The van der Waals surface area contributed by atoms with Crippen LogP contribution in [0.1, 0.15) is 15.6 Å². The van der Waals surface area contributed by atoms with E-state index in [-0.39, 0.29) is 0 Å². The number of anilines is 1. The molecule has 0 unspecified atom stereocenters. The molecule has 1 aliphatic heterocycles. The Bertz CT molecular complexity index is 652. The quantitative estimate of drug-likeness (QED) is 0.868. The minimum absolute atomic E-state index is 0.755.